The van der Waals surface area contributed by atoms with E-state index in [1.165, 1.54) is 16.7 Å². The number of aryl methyl sites for hydroxylation is 1. The zero-order valence-corrected chi connectivity index (χ0v) is 15.1. The largest absolute Gasteiger partial charge is 0.360 e. The minimum Gasteiger partial charge on any atom is -0.360 e. The fraction of sp³-hybridized carbons (Fsp3) is 0.200. The highest BCUT2D eigenvalue weighted by Crippen LogP contribution is 2.33. The Morgan fingerprint density at radius 3 is 3.04 bits per heavy atom. The second-order valence-electron chi connectivity index (χ2n) is 4.97. The lowest BCUT2D eigenvalue weighted by Crippen LogP contribution is -2.31. The summed E-state index contributed by atoms with van der Waals surface area (Å²) in [6, 6.07) is 5.49. The first-order chi connectivity index (χ1) is 11.5. The van der Waals surface area contributed by atoms with Gasteiger partial charge in [0.1, 0.15) is 10.1 Å². The zero-order valence-electron chi connectivity index (χ0n) is 12.6. The molecule has 1 saturated heterocycles. The highest BCUT2D eigenvalue weighted by Gasteiger charge is 2.32. The Morgan fingerprint density at radius 1 is 1.54 bits per heavy atom. The third-order valence-corrected chi connectivity index (χ3v) is 5.35. The number of carbonyl (C=O) groups excluding carboxylic acids is 2. The summed E-state index contributed by atoms with van der Waals surface area (Å²) in [4.78, 5) is 27.4. The number of nitrogens with one attached hydrogen (secondary N) is 1. The summed E-state index contributed by atoms with van der Waals surface area (Å²) in [6.45, 7) is 1.97. The smallest absolute Gasteiger partial charge is 0.266 e. The Morgan fingerprint density at radius 2 is 2.38 bits per heavy atom. The lowest BCUT2D eigenvalue weighted by Gasteiger charge is -2.13. The summed E-state index contributed by atoms with van der Waals surface area (Å²) in [6.07, 6.45) is 1.95. The fourth-order valence-corrected chi connectivity index (χ4v) is 4.07. The average Bonchev–Trinajstić information content (AvgIpc) is 3.23. The van der Waals surface area contributed by atoms with Crippen molar-refractivity contribution in [3.05, 3.63) is 39.1 Å². The lowest BCUT2D eigenvalue weighted by atomic mass is 10.3. The Labute approximate surface area is 151 Å². The van der Waals surface area contributed by atoms with E-state index in [0.717, 1.165) is 4.88 Å². The lowest BCUT2D eigenvalue weighted by molar-refractivity contribution is -0.122. The number of carbonyl (C=O) groups is 2. The van der Waals surface area contributed by atoms with E-state index in [4.69, 9.17) is 16.7 Å². The van der Waals surface area contributed by atoms with Gasteiger partial charge in [-0.25, -0.2) is 0 Å². The van der Waals surface area contributed by atoms with Gasteiger partial charge in [0.2, 0.25) is 5.91 Å². The van der Waals surface area contributed by atoms with Crippen LogP contribution in [0.1, 0.15) is 17.1 Å². The van der Waals surface area contributed by atoms with Gasteiger partial charge < -0.3 is 9.84 Å². The molecule has 1 aliphatic heterocycles. The van der Waals surface area contributed by atoms with Crippen molar-refractivity contribution in [1.82, 2.24) is 10.1 Å². The molecule has 1 fully saturated rings. The van der Waals surface area contributed by atoms with Crippen LogP contribution in [-0.4, -0.2) is 32.7 Å². The molecule has 24 heavy (non-hydrogen) atoms. The van der Waals surface area contributed by atoms with E-state index < -0.39 is 0 Å². The molecule has 124 valence electrons. The average molecular weight is 379 g/mol. The number of thiophene rings is 1. The second kappa shape index (κ2) is 7.29. The molecule has 3 heterocycles. The zero-order chi connectivity index (χ0) is 17.1. The first kappa shape index (κ1) is 16.9. The summed E-state index contributed by atoms with van der Waals surface area (Å²) < 4.78 is 5.35. The predicted molar refractivity (Wildman–Crippen MR) is 98.7 cm³/mol. The maximum absolute atomic E-state index is 12.4. The van der Waals surface area contributed by atoms with Crippen LogP contribution in [0.5, 0.6) is 0 Å². The molecule has 0 aliphatic carbocycles. The third kappa shape index (κ3) is 3.92. The topological polar surface area (TPSA) is 75.4 Å². The maximum Gasteiger partial charge on any atom is 0.266 e. The van der Waals surface area contributed by atoms with Crippen LogP contribution in [0.4, 0.5) is 5.82 Å². The number of rotatable bonds is 5. The van der Waals surface area contributed by atoms with E-state index >= 15 is 0 Å². The van der Waals surface area contributed by atoms with Crippen molar-refractivity contribution >= 4 is 63.3 Å². The molecule has 0 spiro atoms. The SMILES string of the molecule is Cc1cc(NC(=O)CCN2C(=O)/C(=C/c3cccs3)SC2=S)no1. The third-order valence-electron chi connectivity index (χ3n) is 3.15. The second-order valence-corrected chi connectivity index (χ2v) is 7.62. The Kier molecular flexibility index (Phi) is 5.12. The summed E-state index contributed by atoms with van der Waals surface area (Å²) in [5.41, 5.74) is 0. The predicted octanol–water partition coefficient (Wildman–Crippen LogP) is 3.27. The van der Waals surface area contributed by atoms with E-state index in [2.05, 4.69) is 10.5 Å². The van der Waals surface area contributed by atoms with Crippen molar-refractivity contribution < 1.29 is 14.1 Å². The van der Waals surface area contributed by atoms with Gasteiger partial charge in [-0.2, -0.15) is 0 Å². The summed E-state index contributed by atoms with van der Waals surface area (Å²) in [5, 5.41) is 8.26. The molecule has 0 radical (unpaired) electrons. The summed E-state index contributed by atoms with van der Waals surface area (Å²) in [7, 11) is 0. The molecule has 0 aromatic carbocycles. The number of anilines is 1. The van der Waals surface area contributed by atoms with Gasteiger partial charge in [0.25, 0.3) is 5.91 Å². The van der Waals surface area contributed by atoms with Gasteiger partial charge in [-0.15, -0.1) is 11.3 Å². The summed E-state index contributed by atoms with van der Waals surface area (Å²) >= 11 is 8.05. The number of hydrogen-bond acceptors (Lipinski definition) is 7. The maximum atomic E-state index is 12.4. The van der Waals surface area contributed by atoms with Gasteiger partial charge in [0.05, 0.1) is 4.91 Å². The standard InChI is InChI=1S/C15H13N3O3S3/c1-9-7-12(17-21-9)16-13(19)4-5-18-14(20)11(24-15(18)22)8-10-3-2-6-23-10/h2-3,6-8H,4-5H2,1H3,(H,16,17,19)/b11-8-. The minimum absolute atomic E-state index is 0.130. The number of thiocarbonyl (C=S) groups is 1. The van der Waals surface area contributed by atoms with Gasteiger partial charge >= 0.3 is 0 Å². The molecule has 0 unspecified atom stereocenters. The molecule has 2 aromatic heterocycles. The van der Waals surface area contributed by atoms with E-state index in [9.17, 15) is 9.59 Å². The highest BCUT2D eigenvalue weighted by molar-refractivity contribution is 8.26. The van der Waals surface area contributed by atoms with Crippen LogP contribution in [0.25, 0.3) is 6.08 Å². The minimum atomic E-state index is -0.250. The Bertz CT molecular complexity index is 811. The summed E-state index contributed by atoms with van der Waals surface area (Å²) in [5.74, 6) is 0.560. The van der Waals surface area contributed by atoms with Crippen molar-refractivity contribution in [1.29, 1.82) is 0 Å². The first-order valence-corrected chi connectivity index (χ1v) is 9.15. The molecule has 2 aromatic rings. The van der Waals surface area contributed by atoms with Gasteiger partial charge in [-0.1, -0.05) is 35.2 Å². The molecule has 6 nitrogen and oxygen atoms in total. The number of amides is 2. The quantitative estimate of drug-likeness (QED) is 0.635. The van der Waals surface area contributed by atoms with Crippen molar-refractivity contribution in [3.63, 3.8) is 0 Å². The molecular formula is C15H13N3O3S3. The molecule has 3 rings (SSSR count). The van der Waals surface area contributed by atoms with E-state index in [0.29, 0.717) is 20.8 Å². The van der Waals surface area contributed by atoms with Crippen molar-refractivity contribution in [2.45, 2.75) is 13.3 Å². The molecule has 0 saturated carbocycles. The Hall–Kier alpha value is -1.97. The van der Waals surface area contributed by atoms with Crippen LogP contribution in [0.15, 0.2) is 33.0 Å². The van der Waals surface area contributed by atoms with Gasteiger partial charge in [0, 0.05) is 23.9 Å². The van der Waals surface area contributed by atoms with Gasteiger partial charge in [-0.05, 0) is 24.4 Å². The molecule has 0 bridgehead atoms. The van der Waals surface area contributed by atoms with Crippen LogP contribution >= 0.6 is 35.3 Å². The molecule has 1 aliphatic rings. The van der Waals surface area contributed by atoms with E-state index in [-0.39, 0.29) is 24.8 Å². The van der Waals surface area contributed by atoms with Crippen LogP contribution in [-0.2, 0) is 9.59 Å². The molecule has 9 heteroatoms. The number of aromatic nitrogens is 1. The number of hydrogen-bond donors (Lipinski definition) is 1. The molecule has 0 atom stereocenters. The van der Waals surface area contributed by atoms with Crippen molar-refractivity contribution in [2.24, 2.45) is 0 Å². The highest BCUT2D eigenvalue weighted by atomic mass is 32.2. The molecule has 2 amide bonds. The van der Waals surface area contributed by atoms with E-state index in [1.54, 1.807) is 24.3 Å². The van der Waals surface area contributed by atoms with Crippen molar-refractivity contribution in [3.8, 4) is 0 Å². The normalized spacial score (nSPS) is 16.2. The van der Waals surface area contributed by atoms with Crippen molar-refractivity contribution in [2.75, 3.05) is 11.9 Å². The monoisotopic (exact) mass is 379 g/mol. The fourth-order valence-electron chi connectivity index (χ4n) is 2.04. The van der Waals surface area contributed by atoms with Crippen LogP contribution in [0, 0.1) is 6.92 Å². The van der Waals surface area contributed by atoms with Gasteiger partial charge in [0.15, 0.2) is 5.82 Å². The van der Waals surface area contributed by atoms with E-state index in [1.807, 2.05) is 23.6 Å². The van der Waals surface area contributed by atoms with Gasteiger partial charge in [-0.3, -0.25) is 14.5 Å². The first-order valence-electron chi connectivity index (χ1n) is 7.05. The molecular weight excluding hydrogens is 366 g/mol. The van der Waals surface area contributed by atoms with Crippen LogP contribution in [0.2, 0.25) is 0 Å². The van der Waals surface area contributed by atoms with Crippen LogP contribution in [0.3, 0.4) is 0 Å². The van der Waals surface area contributed by atoms with Crippen LogP contribution < -0.4 is 5.32 Å². The number of nitrogens with zero attached hydrogens (tertiary/aromatic N) is 2. The number of thioether (sulfide) groups is 1. The Balaban J connectivity index is 1.58. The molecule has 1 N–H and O–H groups in total.